The summed E-state index contributed by atoms with van der Waals surface area (Å²) in [6.45, 7) is 6.36. The van der Waals surface area contributed by atoms with Gasteiger partial charge < -0.3 is 4.74 Å². The second kappa shape index (κ2) is 8.00. The maximum absolute atomic E-state index is 15.0. The topological polar surface area (TPSA) is 81.5 Å². The van der Waals surface area contributed by atoms with Crippen LogP contribution in [0.15, 0.2) is 42.5 Å². The SMILES string of the molecule is [CH2]c1c(Cl)nc(OCC)n1Cc1ccc(-c2ccccc2-c2nnn[nH]2)cc1F. The average Bonchev–Trinajstić information content (AvgIpc) is 3.34. The van der Waals surface area contributed by atoms with Crippen LogP contribution in [0.25, 0.3) is 22.5 Å². The third-order valence-corrected chi connectivity index (χ3v) is 4.78. The van der Waals surface area contributed by atoms with E-state index in [4.69, 9.17) is 16.3 Å². The lowest BCUT2D eigenvalue weighted by Crippen LogP contribution is -2.08. The Morgan fingerprint density at radius 1 is 1.21 bits per heavy atom. The van der Waals surface area contributed by atoms with Gasteiger partial charge in [-0.3, -0.25) is 4.57 Å². The van der Waals surface area contributed by atoms with Gasteiger partial charge in [0.15, 0.2) is 11.0 Å². The molecule has 0 spiro atoms. The second-order valence-corrected chi connectivity index (χ2v) is 6.61. The number of nitrogens with zero attached hydrogens (tertiary/aromatic N) is 5. The number of halogens is 2. The van der Waals surface area contributed by atoms with Crippen LogP contribution in [0.1, 0.15) is 18.2 Å². The van der Waals surface area contributed by atoms with Gasteiger partial charge in [-0.05, 0) is 41.5 Å². The van der Waals surface area contributed by atoms with E-state index < -0.39 is 0 Å². The summed E-state index contributed by atoms with van der Waals surface area (Å²) in [5, 5.41) is 14.2. The molecule has 0 aliphatic carbocycles. The zero-order valence-electron chi connectivity index (χ0n) is 15.6. The average molecular weight is 412 g/mol. The molecule has 29 heavy (non-hydrogen) atoms. The molecular weight excluding hydrogens is 395 g/mol. The number of hydrogen-bond donors (Lipinski definition) is 1. The number of aromatic amines is 1. The lowest BCUT2D eigenvalue weighted by molar-refractivity contribution is 0.298. The molecule has 4 aromatic rings. The Balaban J connectivity index is 1.69. The van der Waals surface area contributed by atoms with Crippen LogP contribution in [0.3, 0.4) is 0 Å². The monoisotopic (exact) mass is 411 g/mol. The second-order valence-electron chi connectivity index (χ2n) is 6.25. The highest BCUT2D eigenvalue weighted by Crippen LogP contribution is 2.31. The van der Waals surface area contributed by atoms with E-state index in [0.717, 1.165) is 11.1 Å². The van der Waals surface area contributed by atoms with E-state index in [1.165, 1.54) is 6.07 Å². The number of benzene rings is 2. The predicted octanol–water partition coefficient (Wildman–Crippen LogP) is 4.15. The Bertz CT molecular complexity index is 1140. The molecule has 0 saturated heterocycles. The molecule has 0 unspecified atom stereocenters. The van der Waals surface area contributed by atoms with Crippen LogP contribution in [-0.2, 0) is 6.54 Å². The highest BCUT2D eigenvalue weighted by atomic mass is 35.5. The number of aromatic nitrogens is 6. The molecule has 147 valence electrons. The summed E-state index contributed by atoms with van der Waals surface area (Å²) >= 11 is 6.06. The Kier molecular flexibility index (Phi) is 5.26. The number of H-pyrrole nitrogens is 1. The van der Waals surface area contributed by atoms with Crippen LogP contribution in [0.2, 0.25) is 5.15 Å². The van der Waals surface area contributed by atoms with Crippen molar-refractivity contribution in [3.05, 3.63) is 71.6 Å². The minimum absolute atomic E-state index is 0.202. The number of ether oxygens (including phenoxy) is 1. The standard InChI is InChI=1S/C20H17ClFN6O/c1-3-29-20-23-18(21)12(2)28(20)11-14-9-8-13(10-17(14)22)15-6-4-5-7-16(15)19-24-26-27-25-19/h4-10H,2-3,11H2,1H3,(H,24,25,26,27). The molecule has 0 amide bonds. The largest absolute Gasteiger partial charge is 0.465 e. The van der Waals surface area contributed by atoms with Gasteiger partial charge in [0.25, 0.3) is 6.01 Å². The van der Waals surface area contributed by atoms with E-state index in [0.29, 0.717) is 35.3 Å². The maximum atomic E-state index is 15.0. The molecule has 0 saturated carbocycles. The molecule has 4 rings (SSSR count). The molecule has 2 aromatic heterocycles. The molecule has 1 N–H and O–H groups in total. The van der Waals surface area contributed by atoms with E-state index in [-0.39, 0.29) is 17.5 Å². The molecule has 2 aromatic carbocycles. The van der Waals surface area contributed by atoms with Crippen LogP contribution < -0.4 is 4.74 Å². The van der Waals surface area contributed by atoms with E-state index in [1.807, 2.05) is 37.3 Å². The fourth-order valence-corrected chi connectivity index (χ4v) is 3.24. The van der Waals surface area contributed by atoms with Crippen molar-refractivity contribution in [2.45, 2.75) is 13.5 Å². The molecule has 0 bridgehead atoms. The molecule has 9 heteroatoms. The van der Waals surface area contributed by atoms with Gasteiger partial charge in [-0.25, -0.2) is 9.49 Å². The fraction of sp³-hybridized carbons (Fsp3) is 0.150. The van der Waals surface area contributed by atoms with Crippen molar-refractivity contribution in [1.29, 1.82) is 0 Å². The minimum atomic E-state index is -0.361. The first-order chi connectivity index (χ1) is 14.1. The normalized spacial score (nSPS) is 11.0. The van der Waals surface area contributed by atoms with Gasteiger partial charge in [-0.1, -0.05) is 48.0 Å². The van der Waals surface area contributed by atoms with Gasteiger partial charge in [-0.15, -0.1) is 5.10 Å². The van der Waals surface area contributed by atoms with E-state index in [9.17, 15) is 4.39 Å². The maximum Gasteiger partial charge on any atom is 0.298 e. The molecule has 0 fully saturated rings. The third-order valence-electron chi connectivity index (χ3n) is 4.48. The minimum Gasteiger partial charge on any atom is -0.465 e. The molecular formula is C20H17ClFN6O. The number of tetrazole rings is 1. The van der Waals surface area contributed by atoms with Gasteiger partial charge in [0.1, 0.15) is 5.82 Å². The summed E-state index contributed by atoms with van der Waals surface area (Å²) in [5.74, 6) is 0.154. The molecule has 0 aliphatic rings. The van der Waals surface area contributed by atoms with Crippen molar-refractivity contribution < 1.29 is 9.13 Å². The van der Waals surface area contributed by atoms with Gasteiger partial charge in [0, 0.05) is 11.1 Å². The predicted molar refractivity (Wildman–Crippen MR) is 107 cm³/mol. The van der Waals surface area contributed by atoms with Crippen molar-refractivity contribution in [1.82, 2.24) is 30.2 Å². The quantitative estimate of drug-likeness (QED) is 0.515. The van der Waals surface area contributed by atoms with E-state index in [2.05, 4.69) is 32.5 Å². The lowest BCUT2D eigenvalue weighted by Gasteiger charge is -2.12. The van der Waals surface area contributed by atoms with Crippen LogP contribution in [0, 0.1) is 12.7 Å². The zero-order chi connectivity index (χ0) is 20.4. The van der Waals surface area contributed by atoms with Gasteiger partial charge in [0.2, 0.25) is 0 Å². The first-order valence-corrected chi connectivity index (χ1v) is 9.29. The highest BCUT2D eigenvalue weighted by molar-refractivity contribution is 6.30. The fourth-order valence-electron chi connectivity index (χ4n) is 3.07. The molecule has 1 radical (unpaired) electrons. The summed E-state index contributed by atoms with van der Waals surface area (Å²) in [5.41, 5.74) is 3.25. The Morgan fingerprint density at radius 2 is 2.00 bits per heavy atom. The van der Waals surface area contributed by atoms with E-state index in [1.54, 1.807) is 10.6 Å². The third kappa shape index (κ3) is 3.71. The van der Waals surface area contributed by atoms with Crippen molar-refractivity contribution >= 4 is 11.6 Å². The number of imidazole rings is 1. The van der Waals surface area contributed by atoms with E-state index >= 15 is 0 Å². The summed E-state index contributed by atoms with van der Waals surface area (Å²) < 4.78 is 22.1. The van der Waals surface area contributed by atoms with Crippen molar-refractivity contribution in [2.75, 3.05) is 6.61 Å². The van der Waals surface area contributed by atoms with Crippen LogP contribution in [0.4, 0.5) is 4.39 Å². The molecule has 2 heterocycles. The number of nitrogens with one attached hydrogen (secondary N) is 1. The van der Waals surface area contributed by atoms with Crippen LogP contribution in [-0.4, -0.2) is 36.8 Å². The Labute approximate surface area is 171 Å². The Morgan fingerprint density at radius 3 is 2.69 bits per heavy atom. The molecule has 0 atom stereocenters. The van der Waals surface area contributed by atoms with Crippen LogP contribution in [0.5, 0.6) is 6.01 Å². The number of rotatable bonds is 6. The lowest BCUT2D eigenvalue weighted by atomic mass is 9.98. The Hall–Kier alpha value is -3.26. The first kappa shape index (κ1) is 19.1. The number of hydrogen-bond acceptors (Lipinski definition) is 5. The van der Waals surface area contributed by atoms with Gasteiger partial charge >= 0.3 is 0 Å². The van der Waals surface area contributed by atoms with Gasteiger partial charge in [0.05, 0.1) is 18.8 Å². The van der Waals surface area contributed by atoms with Crippen molar-refractivity contribution in [2.24, 2.45) is 0 Å². The summed E-state index contributed by atoms with van der Waals surface area (Å²) in [4.78, 5) is 4.13. The summed E-state index contributed by atoms with van der Waals surface area (Å²) in [6, 6.07) is 12.9. The zero-order valence-corrected chi connectivity index (χ0v) is 16.3. The van der Waals surface area contributed by atoms with Crippen molar-refractivity contribution in [3.8, 4) is 28.5 Å². The molecule has 0 aliphatic heterocycles. The highest BCUT2D eigenvalue weighted by Gasteiger charge is 2.17. The van der Waals surface area contributed by atoms with Crippen molar-refractivity contribution in [3.63, 3.8) is 0 Å². The molecule has 7 nitrogen and oxygen atoms in total. The van der Waals surface area contributed by atoms with Crippen LogP contribution >= 0.6 is 11.6 Å². The summed E-state index contributed by atoms with van der Waals surface area (Å²) in [7, 11) is 0. The van der Waals surface area contributed by atoms with Gasteiger partial charge in [-0.2, -0.15) is 4.98 Å². The summed E-state index contributed by atoms with van der Waals surface area (Å²) in [6.07, 6.45) is 0. The first-order valence-electron chi connectivity index (χ1n) is 8.91. The smallest absolute Gasteiger partial charge is 0.298 e.